The van der Waals surface area contributed by atoms with Gasteiger partial charge in [-0.25, -0.2) is 0 Å². The fourth-order valence-corrected chi connectivity index (χ4v) is 3.42. The van der Waals surface area contributed by atoms with Crippen LogP contribution >= 0.6 is 11.6 Å². The van der Waals surface area contributed by atoms with Crippen LogP contribution in [0.1, 0.15) is 12.5 Å². The summed E-state index contributed by atoms with van der Waals surface area (Å²) in [6.45, 7) is 2.27. The number of hydrogen-bond donors (Lipinski definition) is 0. The molecule has 0 aliphatic carbocycles. The standard InChI is InChI=1S/C18H15ClN2/c1-12-10-13-4-2-3-5-17(13)21(12)18-8-9-20-16-11-14(19)6-7-15(16)18/h2-9,11-12H,10H2,1H3. The number of para-hydroxylation sites is 1. The van der Waals surface area contributed by atoms with Crippen LogP contribution in [-0.2, 0) is 6.42 Å². The van der Waals surface area contributed by atoms with Crippen molar-refractivity contribution in [2.75, 3.05) is 4.90 Å². The molecule has 0 spiro atoms. The van der Waals surface area contributed by atoms with E-state index in [1.165, 1.54) is 16.9 Å². The highest BCUT2D eigenvalue weighted by Gasteiger charge is 2.27. The van der Waals surface area contributed by atoms with Crippen LogP contribution in [-0.4, -0.2) is 11.0 Å². The molecule has 3 heteroatoms. The lowest BCUT2D eigenvalue weighted by molar-refractivity contribution is 0.760. The van der Waals surface area contributed by atoms with E-state index in [4.69, 9.17) is 11.6 Å². The first-order chi connectivity index (χ1) is 10.2. The molecule has 1 aliphatic heterocycles. The van der Waals surface area contributed by atoms with Crippen molar-refractivity contribution in [3.05, 3.63) is 65.3 Å². The van der Waals surface area contributed by atoms with E-state index in [-0.39, 0.29) is 0 Å². The average Bonchev–Trinajstić information content (AvgIpc) is 2.82. The molecule has 104 valence electrons. The topological polar surface area (TPSA) is 16.1 Å². The summed E-state index contributed by atoms with van der Waals surface area (Å²) in [4.78, 5) is 6.85. The van der Waals surface area contributed by atoms with Crippen LogP contribution in [0, 0.1) is 0 Å². The minimum absolute atomic E-state index is 0.448. The Kier molecular flexibility index (Phi) is 2.86. The third-order valence-electron chi connectivity index (χ3n) is 4.15. The normalized spacial score (nSPS) is 17.2. The first kappa shape index (κ1) is 12.7. The molecule has 4 rings (SSSR count). The Morgan fingerprint density at radius 3 is 2.86 bits per heavy atom. The maximum atomic E-state index is 6.09. The largest absolute Gasteiger partial charge is 0.337 e. The van der Waals surface area contributed by atoms with Crippen molar-refractivity contribution in [3.63, 3.8) is 0 Å². The molecular weight excluding hydrogens is 280 g/mol. The molecule has 1 unspecified atom stereocenters. The molecule has 2 nitrogen and oxygen atoms in total. The van der Waals surface area contributed by atoms with Gasteiger partial charge in [-0.15, -0.1) is 0 Å². The molecule has 0 N–H and O–H groups in total. The minimum atomic E-state index is 0.448. The van der Waals surface area contributed by atoms with Crippen LogP contribution in [0.5, 0.6) is 0 Å². The van der Waals surface area contributed by atoms with Gasteiger partial charge in [0.1, 0.15) is 0 Å². The molecule has 0 fully saturated rings. The van der Waals surface area contributed by atoms with E-state index in [1.54, 1.807) is 0 Å². The quantitative estimate of drug-likeness (QED) is 0.630. The van der Waals surface area contributed by atoms with Gasteiger partial charge >= 0.3 is 0 Å². The van der Waals surface area contributed by atoms with Gasteiger partial charge in [0.05, 0.1) is 11.2 Å². The molecule has 1 aromatic heterocycles. The van der Waals surface area contributed by atoms with Crippen LogP contribution in [0.3, 0.4) is 0 Å². The molecule has 21 heavy (non-hydrogen) atoms. The van der Waals surface area contributed by atoms with Crippen molar-refractivity contribution in [3.8, 4) is 0 Å². The Morgan fingerprint density at radius 1 is 1.10 bits per heavy atom. The highest BCUT2D eigenvalue weighted by Crippen LogP contribution is 2.40. The zero-order chi connectivity index (χ0) is 14.4. The summed E-state index contributed by atoms with van der Waals surface area (Å²) in [6, 6.07) is 17.1. The molecule has 2 heterocycles. The Bertz CT molecular complexity index is 828. The molecule has 1 atom stereocenters. The van der Waals surface area contributed by atoms with E-state index in [9.17, 15) is 0 Å². The Balaban J connectivity index is 1.95. The van der Waals surface area contributed by atoms with Crippen LogP contribution in [0.25, 0.3) is 10.9 Å². The number of fused-ring (bicyclic) bond motifs is 2. The predicted octanol–water partition coefficient (Wildman–Crippen LogP) is 4.97. The second-order valence-electron chi connectivity index (χ2n) is 5.54. The van der Waals surface area contributed by atoms with Crippen molar-refractivity contribution in [2.24, 2.45) is 0 Å². The smallest absolute Gasteiger partial charge is 0.0737 e. The van der Waals surface area contributed by atoms with Crippen LogP contribution < -0.4 is 4.90 Å². The average molecular weight is 295 g/mol. The Morgan fingerprint density at radius 2 is 1.95 bits per heavy atom. The number of halogens is 1. The van der Waals surface area contributed by atoms with Gasteiger partial charge in [-0.2, -0.15) is 0 Å². The van der Waals surface area contributed by atoms with Gasteiger partial charge in [0.15, 0.2) is 0 Å². The fraction of sp³-hybridized carbons (Fsp3) is 0.167. The van der Waals surface area contributed by atoms with Crippen LogP contribution in [0.2, 0.25) is 5.02 Å². The second kappa shape index (κ2) is 4.74. The SMILES string of the molecule is CC1Cc2ccccc2N1c1ccnc2cc(Cl)ccc12. The summed E-state index contributed by atoms with van der Waals surface area (Å²) >= 11 is 6.09. The van der Waals surface area contributed by atoms with Gasteiger partial charge in [0.2, 0.25) is 0 Å². The summed E-state index contributed by atoms with van der Waals surface area (Å²) in [5.41, 5.74) is 4.85. The van der Waals surface area contributed by atoms with E-state index in [0.717, 1.165) is 22.3 Å². The molecule has 0 radical (unpaired) electrons. The zero-order valence-electron chi connectivity index (χ0n) is 11.8. The molecule has 0 bridgehead atoms. The molecule has 3 aromatic rings. The van der Waals surface area contributed by atoms with Crippen molar-refractivity contribution >= 4 is 33.9 Å². The minimum Gasteiger partial charge on any atom is -0.337 e. The van der Waals surface area contributed by atoms with Crippen LogP contribution in [0.15, 0.2) is 54.7 Å². The van der Waals surface area contributed by atoms with Gasteiger partial charge < -0.3 is 4.90 Å². The molecule has 1 aliphatic rings. The van der Waals surface area contributed by atoms with Crippen molar-refractivity contribution < 1.29 is 0 Å². The maximum absolute atomic E-state index is 6.09. The first-order valence-electron chi connectivity index (χ1n) is 7.15. The molecule has 0 amide bonds. The van der Waals surface area contributed by atoms with Crippen molar-refractivity contribution in [2.45, 2.75) is 19.4 Å². The molecule has 0 saturated carbocycles. The molecule has 2 aromatic carbocycles. The van der Waals surface area contributed by atoms with E-state index >= 15 is 0 Å². The number of pyridine rings is 1. The summed E-state index contributed by atoms with van der Waals surface area (Å²) < 4.78 is 0. The lowest BCUT2D eigenvalue weighted by Gasteiger charge is -2.26. The van der Waals surface area contributed by atoms with Crippen molar-refractivity contribution in [1.82, 2.24) is 4.98 Å². The van der Waals surface area contributed by atoms with Gasteiger partial charge in [-0.05, 0) is 49.2 Å². The van der Waals surface area contributed by atoms with E-state index in [0.29, 0.717) is 6.04 Å². The summed E-state index contributed by atoms with van der Waals surface area (Å²) in [6.07, 6.45) is 2.94. The zero-order valence-corrected chi connectivity index (χ0v) is 12.5. The number of rotatable bonds is 1. The second-order valence-corrected chi connectivity index (χ2v) is 5.98. The number of hydrogen-bond acceptors (Lipinski definition) is 2. The van der Waals surface area contributed by atoms with E-state index in [2.05, 4.69) is 53.2 Å². The van der Waals surface area contributed by atoms with Crippen molar-refractivity contribution in [1.29, 1.82) is 0 Å². The number of nitrogens with zero attached hydrogens (tertiary/aromatic N) is 2. The summed E-state index contributed by atoms with van der Waals surface area (Å²) in [7, 11) is 0. The molecular formula is C18H15ClN2. The third-order valence-corrected chi connectivity index (χ3v) is 4.38. The maximum Gasteiger partial charge on any atom is 0.0737 e. The van der Waals surface area contributed by atoms with Gasteiger partial charge in [-0.1, -0.05) is 29.8 Å². The van der Waals surface area contributed by atoms with Gasteiger partial charge in [0.25, 0.3) is 0 Å². The van der Waals surface area contributed by atoms with E-state index in [1.807, 2.05) is 18.3 Å². The summed E-state index contributed by atoms with van der Waals surface area (Å²) in [5.74, 6) is 0. The Hall–Kier alpha value is -2.06. The number of anilines is 2. The van der Waals surface area contributed by atoms with E-state index < -0.39 is 0 Å². The summed E-state index contributed by atoms with van der Waals surface area (Å²) in [5, 5.41) is 1.87. The van der Waals surface area contributed by atoms with Gasteiger partial charge in [-0.3, -0.25) is 4.98 Å². The fourth-order valence-electron chi connectivity index (χ4n) is 3.25. The monoisotopic (exact) mass is 294 g/mol. The number of aromatic nitrogens is 1. The lowest BCUT2D eigenvalue weighted by atomic mass is 10.1. The van der Waals surface area contributed by atoms with Crippen LogP contribution in [0.4, 0.5) is 11.4 Å². The third kappa shape index (κ3) is 1.98. The molecule has 0 saturated heterocycles. The highest BCUT2D eigenvalue weighted by molar-refractivity contribution is 6.31. The Labute approximate surface area is 129 Å². The predicted molar refractivity (Wildman–Crippen MR) is 88.5 cm³/mol. The number of benzene rings is 2. The highest BCUT2D eigenvalue weighted by atomic mass is 35.5. The first-order valence-corrected chi connectivity index (χ1v) is 7.53. The lowest BCUT2D eigenvalue weighted by Crippen LogP contribution is -2.24. The van der Waals surface area contributed by atoms with Gasteiger partial charge in [0, 0.05) is 28.3 Å².